The number of amides is 1. The van der Waals surface area contributed by atoms with Crippen molar-refractivity contribution in [2.24, 2.45) is 5.41 Å². The van der Waals surface area contributed by atoms with Crippen LogP contribution >= 0.6 is 0 Å². The average molecular weight is 391 g/mol. The quantitative estimate of drug-likeness (QED) is 0.547. The molecule has 148 valence electrons. The molecule has 0 saturated heterocycles. The van der Waals surface area contributed by atoms with E-state index in [2.05, 4.69) is 35.6 Å². The molecule has 1 atom stereocenters. The monoisotopic (exact) mass is 391 g/mol. The van der Waals surface area contributed by atoms with Gasteiger partial charge in [-0.05, 0) is 24.5 Å². The number of pyridine rings is 1. The zero-order valence-electron chi connectivity index (χ0n) is 16.6. The van der Waals surface area contributed by atoms with E-state index in [-0.39, 0.29) is 17.1 Å². The molecular formula is C20H21N7O2. The molecule has 2 N–H and O–H groups in total. The molecule has 0 aliphatic rings. The number of rotatable bonds is 4. The maximum absolute atomic E-state index is 13.2. The zero-order chi connectivity index (χ0) is 20.6. The van der Waals surface area contributed by atoms with Crippen molar-refractivity contribution in [3.05, 3.63) is 53.8 Å². The highest BCUT2D eigenvalue weighted by molar-refractivity contribution is 6.06. The predicted octanol–water partition coefficient (Wildman–Crippen LogP) is 3.23. The number of aromatic amines is 1. The van der Waals surface area contributed by atoms with Gasteiger partial charge >= 0.3 is 0 Å². The van der Waals surface area contributed by atoms with E-state index >= 15 is 0 Å². The summed E-state index contributed by atoms with van der Waals surface area (Å²) in [6.07, 6.45) is 1.37. The fourth-order valence-electron chi connectivity index (χ4n) is 3.12. The Morgan fingerprint density at radius 1 is 1.21 bits per heavy atom. The standard InChI is InChI=1S/C20H21N7O2/c1-11-9-13(12-7-5-6-8-14(12)23-11)18(28)24-15(20(2,3)4)19-25-17(27-29-19)16-21-10-22-26-16/h5-10,15H,1-4H3,(H,24,28)(H,21,22,26)/t15-/m0/s1. The second-order valence-corrected chi connectivity index (χ2v) is 7.89. The van der Waals surface area contributed by atoms with Gasteiger partial charge in [-0.1, -0.05) is 44.1 Å². The van der Waals surface area contributed by atoms with Crippen LogP contribution < -0.4 is 5.32 Å². The van der Waals surface area contributed by atoms with Crippen molar-refractivity contribution in [2.75, 3.05) is 0 Å². The summed E-state index contributed by atoms with van der Waals surface area (Å²) in [4.78, 5) is 26.2. The molecule has 1 amide bonds. The van der Waals surface area contributed by atoms with Gasteiger partial charge in [0.2, 0.25) is 11.7 Å². The van der Waals surface area contributed by atoms with E-state index in [1.807, 2.05) is 52.0 Å². The minimum Gasteiger partial charge on any atom is -0.340 e. The van der Waals surface area contributed by atoms with E-state index in [4.69, 9.17) is 4.52 Å². The highest BCUT2D eigenvalue weighted by Gasteiger charge is 2.33. The van der Waals surface area contributed by atoms with Gasteiger partial charge in [0.05, 0.1) is 11.1 Å². The lowest BCUT2D eigenvalue weighted by molar-refractivity contribution is 0.0882. The summed E-state index contributed by atoms with van der Waals surface area (Å²) in [5, 5.41) is 14.3. The molecule has 29 heavy (non-hydrogen) atoms. The molecular weight excluding hydrogens is 370 g/mol. The number of H-pyrrole nitrogens is 1. The van der Waals surface area contributed by atoms with Crippen molar-refractivity contribution in [1.29, 1.82) is 0 Å². The van der Waals surface area contributed by atoms with Crippen LogP contribution in [0, 0.1) is 12.3 Å². The normalized spacial score (nSPS) is 12.8. The van der Waals surface area contributed by atoms with Gasteiger partial charge in [0.15, 0.2) is 5.82 Å². The van der Waals surface area contributed by atoms with Crippen molar-refractivity contribution in [1.82, 2.24) is 35.6 Å². The van der Waals surface area contributed by atoms with Crippen LogP contribution in [0.4, 0.5) is 0 Å². The number of hydrogen-bond acceptors (Lipinski definition) is 7. The maximum Gasteiger partial charge on any atom is 0.252 e. The molecule has 0 fully saturated rings. The largest absolute Gasteiger partial charge is 0.340 e. The van der Waals surface area contributed by atoms with Gasteiger partial charge < -0.3 is 9.84 Å². The number of carbonyl (C=O) groups excluding carboxylic acids is 1. The average Bonchev–Trinajstić information content (AvgIpc) is 3.35. The topological polar surface area (TPSA) is 122 Å². The summed E-state index contributed by atoms with van der Waals surface area (Å²) in [6, 6.07) is 8.84. The number of aromatic nitrogens is 6. The van der Waals surface area contributed by atoms with E-state index in [9.17, 15) is 4.79 Å². The summed E-state index contributed by atoms with van der Waals surface area (Å²) in [6.45, 7) is 7.84. The molecule has 0 saturated carbocycles. The SMILES string of the molecule is Cc1cc(C(=O)N[C@@H](c2nc(-c3ncn[nH]3)no2)C(C)(C)C)c2ccccc2n1. The molecule has 0 unspecified atom stereocenters. The molecule has 0 aliphatic carbocycles. The van der Waals surface area contributed by atoms with Crippen LogP contribution in [0.2, 0.25) is 0 Å². The number of fused-ring (bicyclic) bond motifs is 1. The summed E-state index contributed by atoms with van der Waals surface area (Å²) in [5.74, 6) is 0.749. The first kappa shape index (κ1) is 18.7. The molecule has 9 nitrogen and oxygen atoms in total. The van der Waals surface area contributed by atoms with Crippen molar-refractivity contribution in [3.8, 4) is 11.6 Å². The fraction of sp³-hybridized carbons (Fsp3) is 0.300. The number of nitrogens with zero attached hydrogens (tertiary/aromatic N) is 5. The fourth-order valence-corrected chi connectivity index (χ4v) is 3.12. The first-order valence-electron chi connectivity index (χ1n) is 9.19. The first-order chi connectivity index (χ1) is 13.8. The Bertz CT molecular complexity index is 1160. The second kappa shape index (κ2) is 7.08. The van der Waals surface area contributed by atoms with Crippen LogP contribution in [0.1, 0.15) is 48.8 Å². The Labute approximate surface area is 167 Å². The maximum atomic E-state index is 13.2. The Balaban J connectivity index is 1.69. The zero-order valence-corrected chi connectivity index (χ0v) is 16.6. The van der Waals surface area contributed by atoms with Crippen LogP contribution in [-0.2, 0) is 0 Å². The number of nitrogens with one attached hydrogen (secondary N) is 2. The van der Waals surface area contributed by atoms with Crippen LogP contribution in [0.3, 0.4) is 0 Å². The van der Waals surface area contributed by atoms with Gasteiger partial charge in [-0.2, -0.15) is 10.1 Å². The predicted molar refractivity (Wildman–Crippen MR) is 106 cm³/mol. The molecule has 4 rings (SSSR count). The minimum absolute atomic E-state index is 0.231. The molecule has 0 bridgehead atoms. The van der Waals surface area contributed by atoms with Crippen LogP contribution in [0.15, 0.2) is 41.2 Å². The van der Waals surface area contributed by atoms with E-state index in [0.29, 0.717) is 17.3 Å². The molecule has 0 spiro atoms. The van der Waals surface area contributed by atoms with Crippen molar-refractivity contribution in [2.45, 2.75) is 33.7 Å². The van der Waals surface area contributed by atoms with E-state index in [0.717, 1.165) is 16.6 Å². The van der Waals surface area contributed by atoms with E-state index in [1.165, 1.54) is 6.33 Å². The van der Waals surface area contributed by atoms with Crippen molar-refractivity contribution < 1.29 is 9.32 Å². The second-order valence-electron chi connectivity index (χ2n) is 7.89. The molecule has 0 aliphatic heterocycles. The number of benzene rings is 1. The van der Waals surface area contributed by atoms with Crippen LogP contribution in [0.25, 0.3) is 22.6 Å². The van der Waals surface area contributed by atoms with Crippen molar-refractivity contribution >= 4 is 16.8 Å². The number of para-hydroxylation sites is 1. The number of aryl methyl sites for hydroxylation is 1. The number of carbonyl (C=O) groups is 1. The van der Waals surface area contributed by atoms with Gasteiger partial charge in [0.1, 0.15) is 12.4 Å². The van der Waals surface area contributed by atoms with E-state index < -0.39 is 6.04 Å². The summed E-state index contributed by atoms with van der Waals surface area (Å²) < 4.78 is 5.45. The Hall–Kier alpha value is -3.62. The minimum atomic E-state index is -0.508. The van der Waals surface area contributed by atoms with Gasteiger partial charge in [0, 0.05) is 11.1 Å². The third-order valence-corrected chi connectivity index (χ3v) is 4.55. The van der Waals surface area contributed by atoms with Crippen LogP contribution in [-0.4, -0.2) is 36.2 Å². The highest BCUT2D eigenvalue weighted by Crippen LogP contribution is 2.33. The summed E-state index contributed by atoms with van der Waals surface area (Å²) in [7, 11) is 0. The Morgan fingerprint density at radius 3 is 2.72 bits per heavy atom. The third kappa shape index (κ3) is 3.71. The molecule has 3 heterocycles. The smallest absolute Gasteiger partial charge is 0.252 e. The van der Waals surface area contributed by atoms with Gasteiger partial charge in [-0.3, -0.25) is 14.9 Å². The van der Waals surface area contributed by atoms with E-state index in [1.54, 1.807) is 6.07 Å². The highest BCUT2D eigenvalue weighted by atomic mass is 16.5. The van der Waals surface area contributed by atoms with Gasteiger partial charge in [-0.25, -0.2) is 4.98 Å². The molecule has 4 aromatic rings. The molecule has 1 aromatic carbocycles. The van der Waals surface area contributed by atoms with Crippen molar-refractivity contribution in [3.63, 3.8) is 0 Å². The summed E-state index contributed by atoms with van der Waals surface area (Å²) in [5.41, 5.74) is 1.72. The third-order valence-electron chi connectivity index (χ3n) is 4.55. The number of hydrogen-bond donors (Lipinski definition) is 2. The van der Waals surface area contributed by atoms with Gasteiger partial charge in [-0.15, -0.1) is 0 Å². The molecule has 0 radical (unpaired) electrons. The first-order valence-corrected chi connectivity index (χ1v) is 9.19. The molecule has 9 heteroatoms. The Kier molecular flexibility index (Phi) is 4.57. The van der Waals surface area contributed by atoms with Gasteiger partial charge in [0.25, 0.3) is 5.91 Å². The Morgan fingerprint density at radius 2 is 2.00 bits per heavy atom. The summed E-state index contributed by atoms with van der Waals surface area (Å²) >= 11 is 0. The lowest BCUT2D eigenvalue weighted by atomic mass is 9.86. The molecule has 3 aromatic heterocycles. The lowest BCUT2D eigenvalue weighted by Crippen LogP contribution is -2.37. The lowest BCUT2D eigenvalue weighted by Gasteiger charge is -2.28. The van der Waals surface area contributed by atoms with Crippen LogP contribution in [0.5, 0.6) is 0 Å².